The van der Waals surface area contributed by atoms with Gasteiger partial charge in [-0.3, -0.25) is 9.29 Å². The number of benzene rings is 2. The van der Waals surface area contributed by atoms with Crippen LogP contribution in [0.5, 0.6) is 5.75 Å². The maximum Gasteiger partial charge on any atom is 0.264 e. The van der Waals surface area contributed by atoms with Crippen LogP contribution in [0.4, 0.5) is 5.69 Å². The molecule has 3 aromatic rings. The fourth-order valence-electron chi connectivity index (χ4n) is 2.82. The number of para-hydroxylation sites is 1. The minimum absolute atomic E-state index is 0.227. The second-order valence-corrected chi connectivity index (χ2v) is 7.23. The first-order valence-corrected chi connectivity index (χ1v) is 9.62. The van der Waals surface area contributed by atoms with Crippen LogP contribution in [0.25, 0.3) is 10.9 Å². The van der Waals surface area contributed by atoms with Crippen LogP contribution in [0.1, 0.15) is 13.8 Å². The second kappa shape index (κ2) is 7.11. The fraction of sp³-hybridized carbons (Fsp3) is 0.211. The van der Waals surface area contributed by atoms with Crippen molar-refractivity contribution in [1.29, 1.82) is 0 Å². The zero-order chi connectivity index (χ0) is 17.9. The molecule has 0 saturated heterocycles. The summed E-state index contributed by atoms with van der Waals surface area (Å²) < 4.78 is 33.6. The number of hydrogen-bond donors (Lipinski definition) is 0. The van der Waals surface area contributed by atoms with Gasteiger partial charge in [0.2, 0.25) is 0 Å². The third-order valence-electron chi connectivity index (χ3n) is 3.89. The SMILES string of the molecule is CCOc1ccc(S(=O)(=O)N(CC)c2ccccc2)c2cccnc12. The highest BCUT2D eigenvalue weighted by molar-refractivity contribution is 7.93. The van der Waals surface area contributed by atoms with Gasteiger partial charge in [0.1, 0.15) is 11.3 Å². The molecule has 3 rings (SSSR count). The van der Waals surface area contributed by atoms with E-state index in [-0.39, 0.29) is 4.90 Å². The molecule has 0 saturated carbocycles. The lowest BCUT2D eigenvalue weighted by Gasteiger charge is -2.24. The molecule has 130 valence electrons. The van der Waals surface area contributed by atoms with Gasteiger partial charge in [-0.25, -0.2) is 8.42 Å². The Kier molecular flexibility index (Phi) is 4.90. The number of ether oxygens (including phenoxy) is 1. The zero-order valence-corrected chi connectivity index (χ0v) is 15.0. The van der Waals surface area contributed by atoms with Gasteiger partial charge in [-0.15, -0.1) is 0 Å². The molecule has 0 aliphatic rings. The Hall–Kier alpha value is -2.60. The number of nitrogens with zero attached hydrogens (tertiary/aromatic N) is 2. The summed E-state index contributed by atoms with van der Waals surface area (Å²) in [6.07, 6.45) is 1.63. The third kappa shape index (κ3) is 3.17. The monoisotopic (exact) mass is 356 g/mol. The molecule has 6 heteroatoms. The van der Waals surface area contributed by atoms with Crippen molar-refractivity contribution in [3.05, 3.63) is 60.8 Å². The molecule has 0 N–H and O–H groups in total. The van der Waals surface area contributed by atoms with Crippen molar-refractivity contribution in [2.45, 2.75) is 18.7 Å². The van der Waals surface area contributed by atoms with Crippen LogP contribution in [-0.2, 0) is 10.0 Å². The van der Waals surface area contributed by atoms with Crippen LogP contribution in [-0.4, -0.2) is 26.6 Å². The number of fused-ring (bicyclic) bond motifs is 1. The van der Waals surface area contributed by atoms with Gasteiger partial charge < -0.3 is 4.74 Å². The van der Waals surface area contributed by atoms with Gasteiger partial charge in [0.05, 0.1) is 17.2 Å². The molecule has 0 aliphatic carbocycles. The molecular formula is C19H20N2O3S. The van der Waals surface area contributed by atoms with Crippen LogP contribution in [0.3, 0.4) is 0 Å². The predicted molar refractivity (Wildman–Crippen MR) is 99.6 cm³/mol. The van der Waals surface area contributed by atoms with Gasteiger partial charge in [0, 0.05) is 18.1 Å². The predicted octanol–water partition coefficient (Wildman–Crippen LogP) is 3.85. The van der Waals surface area contributed by atoms with Gasteiger partial charge in [-0.2, -0.15) is 0 Å². The number of aromatic nitrogens is 1. The van der Waals surface area contributed by atoms with Crippen LogP contribution in [0.2, 0.25) is 0 Å². The first-order chi connectivity index (χ1) is 12.1. The van der Waals surface area contributed by atoms with Gasteiger partial charge in [0.25, 0.3) is 10.0 Å². The molecule has 0 unspecified atom stereocenters. The summed E-state index contributed by atoms with van der Waals surface area (Å²) >= 11 is 0. The Bertz CT molecular complexity index is 972. The lowest BCUT2D eigenvalue weighted by Crippen LogP contribution is -2.30. The zero-order valence-electron chi connectivity index (χ0n) is 14.2. The fourth-order valence-corrected chi connectivity index (χ4v) is 4.48. The molecule has 25 heavy (non-hydrogen) atoms. The summed E-state index contributed by atoms with van der Waals surface area (Å²) in [5.41, 5.74) is 1.19. The highest BCUT2D eigenvalue weighted by Gasteiger charge is 2.26. The average molecular weight is 356 g/mol. The maximum atomic E-state index is 13.3. The van der Waals surface area contributed by atoms with Crippen molar-refractivity contribution >= 4 is 26.6 Å². The Morgan fingerprint density at radius 3 is 2.44 bits per heavy atom. The van der Waals surface area contributed by atoms with Crippen LogP contribution in [0, 0.1) is 0 Å². The van der Waals surface area contributed by atoms with Gasteiger partial charge in [-0.05, 0) is 50.2 Å². The van der Waals surface area contributed by atoms with E-state index in [1.807, 2.05) is 32.0 Å². The molecule has 0 bridgehead atoms. The van der Waals surface area contributed by atoms with Crippen LogP contribution < -0.4 is 9.04 Å². The van der Waals surface area contributed by atoms with E-state index in [1.54, 1.807) is 42.6 Å². The summed E-state index contributed by atoms with van der Waals surface area (Å²) in [5.74, 6) is 0.583. The molecule has 5 nitrogen and oxygen atoms in total. The van der Waals surface area contributed by atoms with Gasteiger partial charge >= 0.3 is 0 Å². The average Bonchev–Trinajstić information content (AvgIpc) is 2.63. The minimum atomic E-state index is -3.72. The Morgan fingerprint density at radius 1 is 1.00 bits per heavy atom. The van der Waals surface area contributed by atoms with Crippen molar-refractivity contribution < 1.29 is 13.2 Å². The largest absolute Gasteiger partial charge is 0.492 e. The van der Waals surface area contributed by atoms with E-state index in [9.17, 15) is 8.42 Å². The quantitative estimate of drug-likeness (QED) is 0.673. The lowest BCUT2D eigenvalue weighted by molar-refractivity contribution is 0.343. The second-order valence-electron chi connectivity index (χ2n) is 5.40. The molecular weight excluding hydrogens is 336 g/mol. The van der Waals surface area contributed by atoms with Crippen molar-refractivity contribution in [1.82, 2.24) is 4.98 Å². The number of pyridine rings is 1. The van der Waals surface area contributed by atoms with E-state index in [0.29, 0.717) is 35.5 Å². The number of anilines is 1. The van der Waals surface area contributed by atoms with Gasteiger partial charge in [-0.1, -0.05) is 18.2 Å². The van der Waals surface area contributed by atoms with Crippen LogP contribution in [0.15, 0.2) is 65.7 Å². The van der Waals surface area contributed by atoms with Crippen molar-refractivity contribution in [3.63, 3.8) is 0 Å². The summed E-state index contributed by atoms with van der Waals surface area (Å²) in [6.45, 7) is 4.53. The van der Waals surface area contributed by atoms with E-state index in [1.165, 1.54) is 4.31 Å². The molecule has 0 spiro atoms. The van der Waals surface area contributed by atoms with E-state index in [4.69, 9.17) is 4.74 Å². The molecule has 0 amide bonds. The molecule has 1 aromatic heterocycles. The van der Waals surface area contributed by atoms with Crippen molar-refractivity contribution in [2.75, 3.05) is 17.5 Å². The summed E-state index contributed by atoms with van der Waals surface area (Å²) in [4.78, 5) is 4.55. The Morgan fingerprint density at radius 2 is 1.76 bits per heavy atom. The van der Waals surface area contributed by atoms with E-state index in [0.717, 1.165) is 0 Å². The Labute approximate surface area is 147 Å². The standard InChI is InChI=1S/C19H20N2O3S/c1-3-21(15-9-6-5-7-10-15)25(22,23)18-13-12-17(24-4-2)19-16(18)11-8-14-20-19/h5-14H,3-4H2,1-2H3. The van der Waals surface area contributed by atoms with Crippen molar-refractivity contribution in [3.8, 4) is 5.75 Å². The van der Waals surface area contributed by atoms with Crippen LogP contribution >= 0.6 is 0 Å². The smallest absolute Gasteiger partial charge is 0.264 e. The molecule has 2 aromatic carbocycles. The Balaban J connectivity index is 2.19. The maximum absolute atomic E-state index is 13.3. The lowest BCUT2D eigenvalue weighted by atomic mass is 10.2. The molecule has 0 atom stereocenters. The molecule has 1 heterocycles. The number of sulfonamides is 1. The molecule has 0 radical (unpaired) electrons. The first kappa shape index (κ1) is 17.2. The number of rotatable bonds is 6. The van der Waals surface area contributed by atoms with E-state index < -0.39 is 10.0 Å². The number of hydrogen-bond acceptors (Lipinski definition) is 4. The third-order valence-corrected chi connectivity index (χ3v) is 5.85. The van der Waals surface area contributed by atoms with E-state index in [2.05, 4.69) is 4.98 Å². The highest BCUT2D eigenvalue weighted by atomic mass is 32.2. The molecule has 0 fully saturated rings. The summed E-state index contributed by atoms with van der Waals surface area (Å²) in [6, 6.07) is 15.8. The van der Waals surface area contributed by atoms with E-state index >= 15 is 0 Å². The van der Waals surface area contributed by atoms with Crippen molar-refractivity contribution in [2.24, 2.45) is 0 Å². The first-order valence-electron chi connectivity index (χ1n) is 8.18. The minimum Gasteiger partial charge on any atom is -0.492 e. The topological polar surface area (TPSA) is 59.5 Å². The highest BCUT2D eigenvalue weighted by Crippen LogP contribution is 2.32. The normalized spacial score (nSPS) is 11.4. The summed E-state index contributed by atoms with van der Waals surface area (Å²) in [5, 5.41) is 0.558. The van der Waals surface area contributed by atoms with Gasteiger partial charge in [0.15, 0.2) is 0 Å². The summed E-state index contributed by atoms with van der Waals surface area (Å²) in [7, 11) is -3.72. The molecule has 0 aliphatic heterocycles.